The maximum atomic E-state index is 10.3. The third-order valence-corrected chi connectivity index (χ3v) is 11.2. The van der Waals surface area contributed by atoms with Gasteiger partial charge in [-0.3, -0.25) is 0 Å². The molecule has 0 aromatic rings. The molecule has 0 heterocycles. The third-order valence-electron chi connectivity index (χ3n) is 11.2. The van der Waals surface area contributed by atoms with Crippen LogP contribution in [0.15, 0.2) is 23.3 Å². The highest BCUT2D eigenvalue weighted by atomic mass is 16.3. The monoisotopic (exact) mass is 426 g/mol. The SMILES string of the molecule is C/C=C(\C(C)C)C(C)/C=C(/C)[C@H]1CC[C@H]2[C@@H]3CCC4C[C@@H](O)CC[C@]4(C)[C@H]3CC[C@]12C. The molecule has 4 aliphatic rings. The lowest BCUT2D eigenvalue weighted by Gasteiger charge is -2.61. The molecule has 1 N–H and O–H groups in total. The number of aliphatic hydroxyl groups is 1. The van der Waals surface area contributed by atoms with E-state index in [1.165, 1.54) is 44.9 Å². The molecule has 4 fully saturated rings. The van der Waals surface area contributed by atoms with Gasteiger partial charge in [-0.2, -0.15) is 0 Å². The lowest BCUT2D eigenvalue weighted by atomic mass is 9.44. The zero-order chi connectivity index (χ0) is 22.6. The van der Waals surface area contributed by atoms with Gasteiger partial charge in [-0.05, 0) is 124 Å². The first-order valence-corrected chi connectivity index (χ1v) is 13.6. The molecule has 0 bridgehead atoms. The molecule has 4 saturated carbocycles. The summed E-state index contributed by atoms with van der Waals surface area (Å²) in [5, 5.41) is 10.3. The Morgan fingerprint density at radius 2 is 1.58 bits per heavy atom. The van der Waals surface area contributed by atoms with Gasteiger partial charge in [-0.15, -0.1) is 0 Å². The van der Waals surface area contributed by atoms with Crippen LogP contribution in [0.3, 0.4) is 0 Å². The molecule has 0 amide bonds. The van der Waals surface area contributed by atoms with E-state index in [2.05, 4.69) is 60.6 Å². The smallest absolute Gasteiger partial charge is 0.0543 e. The summed E-state index contributed by atoms with van der Waals surface area (Å²) in [5.74, 6) is 5.53. The Kier molecular flexibility index (Phi) is 6.59. The van der Waals surface area contributed by atoms with E-state index >= 15 is 0 Å². The van der Waals surface area contributed by atoms with Crippen molar-refractivity contribution in [3.05, 3.63) is 23.3 Å². The van der Waals surface area contributed by atoms with Crippen LogP contribution < -0.4 is 0 Å². The van der Waals surface area contributed by atoms with Crippen molar-refractivity contribution in [3.8, 4) is 0 Å². The zero-order valence-corrected chi connectivity index (χ0v) is 21.6. The molecule has 4 aliphatic carbocycles. The Bertz CT molecular complexity index is 716. The van der Waals surface area contributed by atoms with E-state index in [0.29, 0.717) is 22.7 Å². The number of hydrogen-bond donors (Lipinski definition) is 1. The van der Waals surface area contributed by atoms with Crippen LogP contribution in [-0.2, 0) is 0 Å². The predicted molar refractivity (Wildman–Crippen MR) is 133 cm³/mol. The quantitative estimate of drug-likeness (QED) is 0.449. The first-order chi connectivity index (χ1) is 14.6. The highest BCUT2D eigenvalue weighted by Crippen LogP contribution is 2.68. The van der Waals surface area contributed by atoms with Crippen molar-refractivity contribution in [3.63, 3.8) is 0 Å². The molecule has 2 unspecified atom stereocenters. The maximum Gasteiger partial charge on any atom is 0.0543 e. The average Bonchev–Trinajstić information content (AvgIpc) is 3.06. The van der Waals surface area contributed by atoms with Crippen LogP contribution in [0.25, 0.3) is 0 Å². The Morgan fingerprint density at radius 3 is 2.26 bits per heavy atom. The molecule has 1 heteroatoms. The molecule has 0 radical (unpaired) electrons. The topological polar surface area (TPSA) is 20.2 Å². The molecule has 0 aromatic carbocycles. The summed E-state index contributed by atoms with van der Waals surface area (Å²) in [6.07, 6.45) is 16.9. The van der Waals surface area contributed by atoms with Crippen molar-refractivity contribution < 1.29 is 5.11 Å². The Morgan fingerprint density at radius 1 is 0.903 bits per heavy atom. The van der Waals surface area contributed by atoms with E-state index in [4.69, 9.17) is 0 Å². The first kappa shape index (κ1) is 23.6. The fraction of sp³-hybridized carbons (Fsp3) is 0.867. The maximum absolute atomic E-state index is 10.3. The zero-order valence-electron chi connectivity index (χ0n) is 21.6. The minimum atomic E-state index is -0.0259. The fourth-order valence-corrected chi connectivity index (χ4v) is 9.71. The largest absolute Gasteiger partial charge is 0.393 e. The van der Waals surface area contributed by atoms with Gasteiger partial charge in [0.2, 0.25) is 0 Å². The molecule has 1 nitrogen and oxygen atoms in total. The van der Waals surface area contributed by atoms with Crippen molar-refractivity contribution in [2.75, 3.05) is 0 Å². The van der Waals surface area contributed by atoms with Gasteiger partial charge in [-0.25, -0.2) is 0 Å². The van der Waals surface area contributed by atoms with Crippen LogP contribution in [0.2, 0.25) is 0 Å². The Hall–Kier alpha value is -0.560. The summed E-state index contributed by atoms with van der Waals surface area (Å²) in [6, 6.07) is 0. The summed E-state index contributed by atoms with van der Waals surface area (Å²) in [4.78, 5) is 0. The average molecular weight is 427 g/mol. The van der Waals surface area contributed by atoms with Gasteiger partial charge in [0.05, 0.1) is 6.10 Å². The number of allylic oxidation sites excluding steroid dienone is 4. The molecule has 0 aliphatic heterocycles. The lowest BCUT2D eigenvalue weighted by Crippen LogP contribution is -2.54. The van der Waals surface area contributed by atoms with Crippen molar-refractivity contribution in [1.82, 2.24) is 0 Å². The molecular formula is C30H50O. The van der Waals surface area contributed by atoms with Gasteiger partial charge in [0, 0.05) is 0 Å². The highest BCUT2D eigenvalue weighted by molar-refractivity contribution is 5.22. The molecule has 0 spiro atoms. The van der Waals surface area contributed by atoms with E-state index in [1.807, 2.05) is 0 Å². The predicted octanol–water partition coefficient (Wildman–Crippen LogP) is 8.19. The van der Waals surface area contributed by atoms with Crippen LogP contribution in [0.1, 0.15) is 106 Å². The number of rotatable bonds is 4. The van der Waals surface area contributed by atoms with Crippen LogP contribution >= 0.6 is 0 Å². The Labute approximate surface area is 193 Å². The third kappa shape index (κ3) is 3.89. The van der Waals surface area contributed by atoms with E-state index in [1.54, 1.807) is 11.1 Å². The number of fused-ring (bicyclic) bond motifs is 5. The molecule has 4 rings (SSSR count). The highest BCUT2D eigenvalue weighted by Gasteiger charge is 2.60. The number of hydrogen-bond acceptors (Lipinski definition) is 1. The molecule has 9 atom stereocenters. The Balaban J connectivity index is 1.54. The normalized spacial score (nSPS) is 47.0. The molecular weight excluding hydrogens is 376 g/mol. The van der Waals surface area contributed by atoms with Crippen LogP contribution in [0, 0.1) is 52.3 Å². The molecule has 0 aromatic heterocycles. The van der Waals surface area contributed by atoms with Gasteiger partial charge in [0.25, 0.3) is 0 Å². The molecule has 31 heavy (non-hydrogen) atoms. The van der Waals surface area contributed by atoms with E-state index in [0.717, 1.165) is 42.4 Å². The van der Waals surface area contributed by atoms with Crippen LogP contribution in [0.5, 0.6) is 0 Å². The van der Waals surface area contributed by atoms with Gasteiger partial charge in [0.1, 0.15) is 0 Å². The summed E-state index contributed by atoms with van der Waals surface area (Å²) in [6.45, 7) is 17.0. The summed E-state index contributed by atoms with van der Waals surface area (Å²) >= 11 is 0. The van der Waals surface area contributed by atoms with E-state index in [9.17, 15) is 5.11 Å². The minimum absolute atomic E-state index is 0.0259. The van der Waals surface area contributed by atoms with Crippen LogP contribution in [-0.4, -0.2) is 11.2 Å². The lowest BCUT2D eigenvalue weighted by molar-refractivity contribution is -0.124. The molecule has 176 valence electrons. The van der Waals surface area contributed by atoms with Gasteiger partial charge in [-0.1, -0.05) is 57.9 Å². The number of aliphatic hydroxyl groups excluding tert-OH is 1. The summed E-state index contributed by atoms with van der Waals surface area (Å²) in [7, 11) is 0. The van der Waals surface area contributed by atoms with E-state index < -0.39 is 0 Å². The van der Waals surface area contributed by atoms with Crippen molar-refractivity contribution in [1.29, 1.82) is 0 Å². The summed E-state index contributed by atoms with van der Waals surface area (Å²) in [5.41, 5.74) is 4.27. The summed E-state index contributed by atoms with van der Waals surface area (Å²) < 4.78 is 0. The van der Waals surface area contributed by atoms with Crippen molar-refractivity contribution >= 4 is 0 Å². The second-order valence-corrected chi connectivity index (χ2v) is 12.9. The van der Waals surface area contributed by atoms with Gasteiger partial charge < -0.3 is 5.11 Å². The standard InChI is InChI=1S/C30H50O/c1-8-24(19(2)3)20(4)17-21(5)26-11-12-27-25-10-9-22-18-23(31)13-15-29(22,6)28(25)14-16-30(26,27)7/h8,17,19-20,22-23,25-28,31H,9-16,18H2,1-7H3/b21-17-,24-8+/t20?,22?,23-,25-,26+,27-,28-,29-,30+/m0/s1. The van der Waals surface area contributed by atoms with Crippen molar-refractivity contribution in [2.24, 2.45) is 52.3 Å². The van der Waals surface area contributed by atoms with E-state index in [-0.39, 0.29) is 6.10 Å². The van der Waals surface area contributed by atoms with Gasteiger partial charge >= 0.3 is 0 Å². The van der Waals surface area contributed by atoms with Crippen LogP contribution in [0.4, 0.5) is 0 Å². The molecule has 0 saturated heterocycles. The second kappa shape index (κ2) is 8.66. The fourth-order valence-electron chi connectivity index (χ4n) is 9.71. The minimum Gasteiger partial charge on any atom is -0.393 e. The second-order valence-electron chi connectivity index (χ2n) is 12.9. The van der Waals surface area contributed by atoms with Crippen molar-refractivity contribution in [2.45, 2.75) is 112 Å². The first-order valence-electron chi connectivity index (χ1n) is 13.6. The van der Waals surface area contributed by atoms with Gasteiger partial charge in [0.15, 0.2) is 0 Å².